The first kappa shape index (κ1) is 21.9. The molecule has 1 amide bonds. The van der Waals surface area contributed by atoms with Crippen molar-refractivity contribution in [3.05, 3.63) is 59.7 Å². The lowest BCUT2D eigenvalue weighted by Gasteiger charge is -2.21. The van der Waals surface area contributed by atoms with Crippen molar-refractivity contribution in [3.63, 3.8) is 0 Å². The predicted octanol–water partition coefficient (Wildman–Crippen LogP) is 2.81. The Morgan fingerprint density at radius 1 is 1.14 bits per heavy atom. The van der Waals surface area contributed by atoms with Crippen LogP contribution in [0.3, 0.4) is 0 Å². The van der Waals surface area contributed by atoms with E-state index in [2.05, 4.69) is 10.0 Å². The highest BCUT2D eigenvalue weighted by molar-refractivity contribution is 7.89. The third kappa shape index (κ3) is 5.81. The van der Waals surface area contributed by atoms with Crippen LogP contribution in [0, 0.1) is 6.92 Å². The van der Waals surface area contributed by atoms with Gasteiger partial charge in [0.1, 0.15) is 16.7 Å². The molecule has 0 aliphatic rings. The highest BCUT2D eigenvalue weighted by Crippen LogP contribution is 2.25. The molecule has 2 rings (SSSR count). The van der Waals surface area contributed by atoms with Gasteiger partial charge in [-0.05, 0) is 49.9 Å². The van der Waals surface area contributed by atoms with E-state index in [0.717, 1.165) is 17.5 Å². The molecule has 2 aromatic rings. The van der Waals surface area contributed by atoms with E-state index in [1.54, 1.807) is 19.1 Å². The van der Waals surface area contributed by atoms with Gasteiger partial charge in [0.05, 0.1) is 7.11 Å². The Labute approximate surface area is 167 Å². The van der Waals surface area contributed by atoms with Crippen molar-refractivity contribution in [3.8, 4) is 5.75 Å². The zero-order chi connectivity index (χ0) is 20.7. The quantitative estimate of drug-likeness (QED) is 0.673. The Kier molecular flexibility index (Phi) is 7.60. The maximum absolute atomic E-state index is 13.1. The number of sulfonamides is 1. The first-order chi connectivity index (χ1) is 13.3. The second-order valence-corrected chi connectivity index (χ2v) is 8.52. The van der Waals surface area contributed by atoms with Crippen molar-refractivity contribution < 1.29 is 17.9 Å². The van der Waals surface area contributed by atoms with Crippen molar-refractivity contribution >= 4 is 15.9 Å². The minimum atomic E-state index is -3.97. The van der Waals surface area contributed by atoms with Crippen molar-refractivity contribution in [1.29, 1.82) is 0 Å². The zero-order valence-electron chi connectivity index (χ0n) is 16.7. The van der Waals surface area contributed by atoms with Crippen molar-refractivity contribution in [2.45, 2.75) is 50.6 Å². The number of amides is 1. The van der Waals surface area contributed by atoms with E-state index in [9.17, 15) is 13.2 Å². The average Bonchev–Trinajstić information content (AvgIpc) is 2.68. The molecule has 0 saturated carbocycles. The largest absolute Gasteiger partial charge is 0.495 e. The van der Waals surface area contributed by atoms with Gasteiger partial charge < -0.3 is 10.1 Å². The number of hydrogen-bond acceptors (Lipinski definition) is 4. The lowest BCUT2D eigenvalue weighted by atomic mass is 10.1. The van der Waals surface area contributed by atoms with Gasteiger partial charge in [0.15, 0.2) is 0 Å². The summed E-state index contributed by atoms with van der Waals surface area (Å²) in [6, 6.07) is 13.2. The zero-order valence-corrected chi connectivity index (χ0v) is 17.5. The topological polar surface area (TPSA) is 84.5 Å². The molecule has 0 bridgehead atoms. The smallest absolute Gasteiger partial charge is 0.244 e. The van der Waals surface area contributed by atoms with Crippen LogP contribution in [-0.4, -0.2) is 33.5 Å². The Morgan fingerprint density at radius 3 is 2.43 bits per heavy atom. The SMILES string of the molecule is CC[C@@H](C)NC(=O)[C@@H](Cc1ccccc1)NS(=O)(=O)c1cc(C)ccc1OC. The minimum Gasteiger partial charge on any atom is -0.495 e. The van der Waals surface area contributed by atoms with Crippen molar-refractivity contribution in [2.24, 2.45) is 0 Å². The number of carbonyl (C=O) groups excluding carboxylic acids is 1. The number of nitrogens with one attached hydrogen (secondary N) is 2. The standard InChI is InChI=1S/C21H28N2O4S/c1-5-16(3)22-21(24)18(14-17-9-7-6-8-10-17)23-28(25,26)20-13-15(2)11-12-19(20)27-4/h6-13,16,18,23H,5,14H2,1-4H3,(H,22,24)/t16-,18-/m1/s1. The van der Waals surface area contributed by atoms with E-state index in [1.807, 2.05) is 44.2 Å². The first-order valence-corrected chi connectivity index (χ1v) is 10.8. The third-order valence-corrected chi connectivity index (χ3v) is 6.00. The molecule has 0 aromatic heterocycles. The number of carbonyl (C=O) groups is 1. The molecule has 0 heterocycles. The van der Waals surface area contributed by atoms with Crippen LogP contribution in [-0.2, 0) is 21.2 Å². The van der Waals surface area contributed by atoms with Gasteiger partial charge in [0, 0.05) is 6.04 Å². The molecule has 6 nitrogen and oxygen atoms in total. The Hall–Kier alpha value is -2.38. The molecule has 2 N–H and O–H groups in total. The lowest BCUT2D eigenvalue weighted by Crippen LogP contribution is -2.50. The van der Waals surface area contributed by atoms with Crippen LogP contribution in [0.2, 0.25) is 0 Å². The van der Waals surface area contributed by atoms with E-state index in [1.165, 1.54) is 13.2 Å². The van der Waals surface area contributed by atoms with Crippen LogP contribution in [0.4, 0.5) is 0 Å². The summed E-state index contributed by atoms with van der Waals surface area (Å²) >= 11 is 0. The second-order valence-electron chi connectivity index (χ2n) is 6.84. The number of benzene rings is 2. The second kappa shape index (κ2) is 9.71. The monoisotopic (exact) mass is 404 g/mol. The van der Waals surface area contributed by atoms with Crippen LogP contribution < -0.4 is 14.8 Å². The molecule has 0 unspecified atom stereocenters. The van der Waals surface area contributed by atoms with E-state index in [4.69, 9.17) is 4.74 Å². The number of rotatable bonds is 9. The highest BCUT2D eigenvalue weighted by Gasteiger charge is 2.28. The summed E-state index contributed by atoms with van der Waals surface area (Å²) in [7, 11) is -2.55. The summed E-state index contributed by atoms with van der Waals surface area (Å²) < 4.78 is 33.9. The van der Waals surface area contributed by atoms with E-state index < -0.39 is 16.1 Å². The van der Waals surface area contributed by atoms with Crippen LogP contribution in [0.25, 0.3) is 0 Å². The summed E-state index contributed by atoms with van der Waals surface area (Å²) in [5.41, 5.74) is 1.65. The van der Waals surface area contributed by atoms with Gasteiger partial charge in [-0.15, -0.1) is 0 Å². The number of methoxy groups -OCH3 is 1. The maximum Gasteiger partial charge on any atom is 0.244 e. The highest BCUT2D eigenvalue weighted by atomic mass is 32.2. The maximum atomic E-state index is 13.1. The molecule has 0 saturated heterocycles. The van der Waals surface area contributed by atoms with Crippen LogP contribution in [0.1, 0.15) is 31.4 Å². The molecule has 0 fully saturated rings. The van der Waals surface area contributed by atoms with Gasteiger partial charge in [0.25, 0.3) is 0 Å². The Bertz CT molecular complexity index is 898. The van der Waals surface area contributed by atoms with Crippen LogP contribution in [0.15, 0.2) is 53.4 Å². The number of aryl methyl sites for hydroxylation is 1. The fourth-order valence-electron chi connectivity index (χ4n) is 2.73. The molecule has 2 atom stereocenters. The molecule has 0 spiro atoms. The molecule has 0 aliphatic heterocycles. The predicted molar refractivity (Wildman–Crippen MR) is 110 cm³/mol. The Balaban J connectivity index is 2.35. The molecule has 152 valence electrons. The third-order valence-electron chi connectivity index (χ3n) is 4.51. The van der Waals surface area contributed by atoms with Gasteiger partial charge >= 0.3 is 0 Å². The van der Waals surface area contributed by atoms with Gasteiger partial charge in [0.2, 0.25) is 15.9 Å². The summed E-state index contributed by atoms with van der Waals surface area (Å²) in [4.78, 5) is 12.8. The van der Waals surface area contributed by atoms with Gasteiger partial charge in [-0.3, -0.25) is 4.79 Å². The van der Waals surface area contributed by atoms with E-state index in [-0.39, 0.29) is 29.0 Å². The minimum absolute atomic E-state index is 0.0180. The first-order valence-electron chi connectivity index (χ1n) is 9.28. The molecule has 28 heavy (non-hydrogen) atoms. The van der Waals surface area contributed by atoms with Gasteiger partial charge in [-0.1, -0.05) is 43.3 Å². The van der Waals surface area contributed by atoms with Crippen LogP contribution in [0.5, 0.6) is 5.75 Å². The summed E-state index contributed by atoms with van der Waals surface area (Å²) in [6.45, 7) is 5.64. The lowest BCUT2D eigenvalue weighted by molar-refractivity contribution is -0.123. The normalized spacial score (nSPS) is 13.6. The molecule has 0 aliphatic carbocycles. The Morgan fingerprint density at radius 2 is 1.82 bits per heavy atom. The molecular weight excluding hydrogens is 376 g/mol. The number of hydrogen-bond donors (Lipinski definition) is 2. The van der Waals surface area contributed by atoms with Gasteiger partial charge in [-0.2, -0.15) is 4.72 Å². The van der Waals surface area contributed by atoms with Gasteiger partial charge in [-0.25, -0.2) is 8.42 Å². The van der Waals surface area contributed by atoms with E-state index >= 15 is 0 Å². The summed E-state index contributed by atoms with van der Waals surface area (Å²) in [5.74, 6) is -0.118. The van der Waals surface area contributed by atoms with Crippen molar-refractivity contribution in [1.82, 2.24) is 10.0 Å². The van der Waals surface area contributed by atoms with Crippen LogP contribution >= 0.6 is 0 Å². The summed E-state index contributed by atoms with van der Waals surface area (Å²) in [6.07, 6.45) is 0.999. The fraction of sp³-hybridized carbons (Fsp3) is 0.381. The van der Waals surface area contributed by atoms with Crippen molar-refractivity contribution in [2.75, 3.05) is 7.11 Å². The number of ether oxygens (including phenoxy) is 1. The average molecular weight is 405 g/mol. The molecule has 2 aromatic carbocycles. The molecule has 7 heteroatoms. The molecular formula is C21H28N2O4S. The van der Waals surface area contributed by atoms with E-state index in [0.29, 0.717) is 0 Å². The fourth-order valence-corrected chi connectivity index (χ4v) is 4.18. The molecule has 0 radical (unpaired) electrons. The summed E-state index contributed by atoms with van der Waals surface area (Å²) in [5, 5.41) is 2.87.